The Labute approximate surface area is 232 Å². The number of hydrogen-bond acceptors (Lipinski definition) is 8. The Hall–Kier alpha value is -4.13. The molecule has 4 rings (SSSR count). The monoisotopic (exact) mass is 568 g/mol. The van der Waals surface area contributed by atoms with Crippen molar-refractivity contribution in [1.29, 1.82) is 0 Å². The molecule has 4 aromatic rings. The van der Waals surface area contributed by atoms with Crippen LogP contribution in [0.2, 0.25) is 0 Å². The van der Waals surface area contributed by atoms with E-state index in [-0.39, 0.29) is 36.7 Å². The molecule has 0 radical (unpaired) electrons. The van der Waals surface area contributed by atoms with E-state index in [1.165, 1.54) is 44.5 Å². The van der Waals surface area contributed by atoms with Crippen LogP contribution in [0.3, 0.4) is 0 Å². The summed E-state index contributed by atoms with van der Waals surface area (Å²) in [6.07, 6.45) is 0.513. The zero-order chi connectivity index (χ0) is 28.8. The molecule has 1 unspecified atom stereocenters. The number of pyridine rings is 1. The molecule has 0 saturated heterocycles. The van der Waals surface area contributed by atoms with Gasteiger partial charge in [-0.3, -0.25) is 9.00 Å². The van der Waals surface area contributed by atoms with Gasteiger partial charge in [-0.2, -0.15) is 0 Å². The third-order valence-corrected chi connectivity index (χ3v) is 6.93. The summed E-state index contributed by atoms with van der Waals surface area (Å²) in [7, 11) is 2.77. The molecule has 40 heavy (non-hydrogen) atoms. The minimum absolute atomic E-state index is 0.00388. The normalized spacial score (nSPS) is 11.9. The van der Waals surface area contributed by atoms with Crippen molar-refractivity contribution in [2.45, 2.75) is 19.9 Å². The number of rotatable bonds is 11. The fourth-order valence-corrected chi connectivity index (χ4v) is 4.62. The quantitative estimate of drug-likeness (QED) is 0.212. The van der Waals surface area contributed by atoms with Gasteiger partial charge >= 0.3 is 5.97 Å². The number of aryl methyl sites for hydroxylation is 1. The van der Waals surface area contributed by atoms with Gasteiger partial charge < -0.3 is 23.8 Å². The van der Waals surface area contributed by atoms with Gasteiger partial charge in [-0.25, -0.2) is 18.5 Å². The summed E-state index contributed by atoms with van der Waals surface area (Å²) in [6.45, 7) is 1.84. The number of benzene rings is 2. The molecular weight excluding hydrogens is 541 g/mol. The van der Waals surface area contributed by atoms with Crippen molar-refractivity contribution >= 4 is 34.2 Å². The largest absolute Gasteiger partial charge is 0.760 e. The summed E-state index contributed by atoms with van der Waals surface area (Å²) in [4.78, 5) is 29.1. The molecule has 1 atom stereocenters. The molecule has 0 aliphatic carbocycles. The van der Waals surface area contributed by atoms with Crippen molar-refractivity contribution in [1.82, 2.24) is 14.6 Å². The molecule has 2 aromatic heterocycles. The Morgan fingerprint density at radius 2 is 1.93 bits per heavy atom. The average Bonchev–Trinajstić information content (AvgIpc) is 3.33. The number of ether oxygens (including phenoxy) is 2. The molecule has 0 aliphatic heterocycles. The van der Waals surface area contributed by atoms with Gasteiger partial charge in [-0.05, 0) is 60.5 Å². The third kappa shape index (κ3) is 6.36. The molecule has 1 amide bonds. The van der Waals surface area contributed by atoms with Gasteiger partial charge in [0.05, 0.1) is 35.9 Å². The average molecular weight is 569 g/mol. The number of nitrogens with one attached hydrogen (secondary N) is 1. The van der Waals surface area contributed by atoms with Crippen LogP contribution in [-0.2, 0) is 29.0 Å². The van der Waals surface area contributed by atoms with Gasteiger partial charge in [0.15, 0.2) is 0 Å². The first-order valence-corrected chi connectivity index (χ1v) is 13.4. The summed E-state index contributed by atoms with van der Waals surface area (Å²) < 4.78 is 55.2. The number of fused-ring (bicyclic) bond motifs is 1. The van der Waals surface area contributed by atoms with Crippen LogP contribution < -0.4 is 10.1 Å². The second-order valence-corrected chi connectivity index (χ2v) is 9.59. The highest BCUT2D eigenvalue weighted by atomic mass is 32.2. The number of methoxy groups -OCH3 is 1. The molecule has 210 valence electrons. The predicted octanol–water partition coefficient (Wildman–Crippen LogP) is 4.02. The highest BCUT2D eigenvalue weighted by molar-refractivity contribution is 7.76. The van der Waals surface area contributed by atoms with E-state index in [0.29, 0.717) is 34.4 Å². The maximum Gasteiger partial charge on any atom is 0.337 e. The molecule has 1 N–H and O–H groups in total. The fourth-order valence-electron chi connectivity index (χ4n) is 4.17. The Bertz CT molecular complexity index is 1560. The van der Waals surface area contributed by atoms with Crippen LogP contribution in [0.1, 0.15) is 38.9 Å². The molecule has 0 saturated carbocycles. The van der Waals surface area contributed by atoms with Gasteiger partial charge in [0.25, 0.3) is 5.91 Å². The lowest BCUT2D eigenvalue weighted by Gasteiger charge is -2.24. The number of amides is 1. The van der Waals surface area contributed by atoms with Crippen LogP contribution in [0.5, 0.6) is 5.75 Å². The standard InChI is InChI=1S/C28H28FN3O7S/c1-4-17-15-22-24(26(33)30-2)25(18-8-10-20(29)11-9-18)39-27(22)31-23(17)16-32(40(35)36)12-13-38-21-7-5-6-19(14-21)28(34)37-3/h5-11,14-15H,4,12-13,16H2,1-3H3,(H,30,33)(H,35,36)/p-1. The van der Waals surface area contributed by atoms with Crippen molar-refractivity contribution in [3.63, 3.8) is 0 Å². The summed E-state index contributed by atoms with van der Waals surface area (Å²) in [6, 6.07) is 13.7. The first kappa shape index (κ1) is 28.9. The van der Waals surface area contributed by atoms with Crippen molar-refractivity contribution in [2.75, 3.05) is 27.3 Å². The lowest BCUT2D eigenvalue weighted by Crippen LogP contribution is -2.30. The van der Waals surface area contributed by atoms with Gasteiger partial charge in [-0.1, -0.05) is 13.0 Å². The molecule has 0 fully saturated rings. The van der Waals surface area contributed by atoms with Gasteiger partial charge in [-0.15, -0.1) is 0 Å². The Kier molecular flexibility index (Phi) is 9.25. The zero-order valence-corrected chi connectivity index (χ0v) is 22.9. The third-order valence-electron chi connectivity index (χ3n) is 6.19. The first-order valence-electron chi connectivity index (χ1n) is 12.3. The lowest BCUT2D eigenvalue weighted by atomic mass is 10.0. The number of halogens is 1. The zero-order valence-electron chi connectivity index (χ0n) is 22.1. The van der Waals surface area contributed by atoms with E-state index in [1.54, 1.807) is 24.3 Å². The summed E-state index contributed by atoms with van der Waals surface area (Å²) in [5.41, 5.74) is 2.39. The SMILES string of the molecule is CCc1cc2c(C(=O)NC)c(-c3ccc(F)cc3)oc2nc1CN(CCOc1cccc(C(=O)OC)c1)S(=O)[O-]. The van der Waals surface area contributed by atoms with Crippen LogP contribution in [0.4, 0.5) is 4.39 Å². The number of furan rings is 1. The van der Waals surface area contributed by atoms with Crippen molar-refractivity contribution in [2.24, 2.45) is 0 Å². The van der Waals surface area contributed by atoms with Crippen LogP contribution in [0.25, 0.3) is 22.4 Å². The van der Waals surface area contributed by atoms with Crippen molar-refractivity contribution < 1.29 is 36.6 Å². The molecule has 10 nitrogen and oxygen atoms in total. The van der Waals surface area contributed by atoms with Gasteiger partial charge in [0.1, 0.15) is 23.9 Å². The lowest BCUT2D eigenvalue weighted by molar-refractivity contribution is 0.0600. The highest BCUT2D eigenvalue weighted by Crippen LogP contribution is 2.34. The molecule has 12 heteroatoms. The maximum absolute atomic E-state index is 13.5. The van der Waals surface area contributed by atoms with E-state index < -0.39 is 29.0 Å². The number of nitrogens with zero attached hydrogens (tertiary/aromatic N) is 2. The summed E-state index contributed by atoms with van der Waals surface area (Å²) in [5, 5.41) is 3.06. The number of carbonyl (C=O) groups excluding carboxylic acids is 2. The summed E-state index contributed by atoms with van der Waals surface area (Å²) >= 11 is -2.60. The maximum atomic E-state index is 13.5. The summed E-state index contributed by atoms with van der Waals surface area (Å²) in [5.74, 6) is -0.723. The van der Waals surface area contributed by atoms with Crippen molar-refractivity contribution in [3.8, 4) is 17.1 Å². The van der Waals surface area contributed by atoms with Crippen LogP contribution in [0, 0.1) is 5.82 Å². The van der Waals surface area contributed by atoms with E-state index in [1.807, 2.05) is 6.92 Å². The fraction of sp³-hybridized carbons (Fsp3) is 0.250. The number of carbonyl (C=O) groups is 2. The van der Waals surface area contributed by atoms with Crippen LogP contribution >= 0.6 is 0 Å². The minimum atomic E-state index is -2.60. The predicted molar refractivity (Wildman–Crippen MR) is 145 cm³/mol. The molecule has 0 aliphatic rings. The minimum Gasteiger partial charge on any atom is -0.760 e. The smallest absolute Gasteiger partial charge is 0.337 e. The number of aromatic nitrogens is 1. The second-order valence-electron chi connectivity index (χ2n) is 8.64. The van der Waals surface area contributed by atoms with E-state index in [4.69, 9.17) is 13.9 Å². The van der Waals surface area contributed by atoms with E-state index >= 15 is 0 Å². The van der Waals surface area contributed by atoms with E-state index in [2.05, 4.69) is 10.3 Å². The molecule has 2 heterocycles. The van der Waals surface area contributed by atoms with Crippen LogP contribution in [-0.4, -0.2) is 57.2 Å². The Balaban J connectivity index is 1.61. The molecule has 0 spiro atoms. The van der Waals surface area contributed by atoms with E-state index in [0.717, 1.165) is 9.87 Å². The molecular formula is C28H27FN3O7S-. The number of esters is 1. The first-order chi connectivity index (χ1) is 19.2. The van der Waals surface area contributed by atoms with Crippen LogP contribution in [0.15, 0.2) is 59.0 Å². The van der Waals surface area contributed by atoms with E-state index in [9.17, 15) is 22.7 Å². The Morgan fingerprint density at radius 1 is 1.18 bits per heavy atom. The van der Waals surface area contributed by atoms with Gasteiger partial charge in [0.2, 0.25) is 5.71 Å². The van der Waals surface area contributed by atoms with Crippen molar-refractivity contribution in [3.05, 3.63) is 82.8 Å². The molecule has 0 bridgehead atoms. The molecule has 2 aromatic carbocycles. The highest BCUT2D eigenvalue weighted by Gasteiger charge is 2.24. The Morgan fingerprint density at radius 3 is 2.58 bits per heavy atom. The van der Waals surface area contributed by atoms with Gasteiger partial charge in [0, 0.05) is 30.4 Å². The topological polar surface area (TPSA) is 134 Å². The number of hydrogen-bond donors (Lipinski definition) is 1. The second kappa shape index (κ2) is 12.8.